The first-order valence-corrected chi connectivity index (χ1v) is 2.03. The second-order valence-electron chi connectivity index (χ2n) is 1.53. The van der Waals surface area contributed by atoms with Crippen LogP contribution in [0.3, 0.4) is 0 Å². The van der Waals surface area contributed by atoms with Crippen LogP contribution in [0.2, 0.25) is 0 Å². The molecule has 0 bridgehead atoms. The lowest BCUT2D eigenvalue weighted by Crippen LogP contribution is -2.15. The van der Waals surface area contributed by atoms with Crippen LogP contribution in [-0.2, 0) is 0 Å². The molecular weight excluding hydrogens is 88.9 g/mol. The Kier molecular flexibility index (Phi) is 8.61. The molecule has 0 fully saturated rings. The summed E-state index contributed by atoms with van der Waals surface area (Å²) in [5.41, 5.74) is 0. The highest BCUT2D eigenvalue weighted by Crippen LogP contribution is 1.66. The molecule has 1 N–H and O–H groups in total. The summed E-state index contributed by atoms with van der Waals surface area (Å²) < 4.78 is 0. The van der Waals surface area contributed by atoms with E-state index in [1.54, 1.807) is 0 Å². The Bertz CT molecular complexity index is 32.9. The first-order chi connectivity index (χ1) is 2.77. The van der Waals surface area contributed by atoms with E-state index in [0.717, 1.165) is 6.54 Å². The minimum Gasteiger partial charge on any atom is -0.395 e. The number of aliphatic hydroxyl groups excluding tert-OH is 1. The van der Waals surface area contributed by atoms with Crippen molar-refractivity contribution in [3.63, 3.8) is 0 Å². The van der Waals surface area contributed by atoms with Gasteiger partial charge >= 0.3 is 0 Å². The van der Waals surface area contributed by atoms with Gasteiger partial charge in [-0.05, 0) is 14.1 Å². The number of nitrogens with zero attached hydrogens (tertiary/aromatic N) is 1. The molecule has 0 radical (unpaired) electrons. The molecule has 0 aromatic heterocycles. The van der Waals surface area contributed by atoms with Gasteiger partial charge in [-0.3, -0.25) is 0 Å². The van der Waals surface area contributed by atoms with E-state index < -0.39 is 0 Å². The van der Waals surface area contributed by atoms with Gasteiger partial charge in [0.25, 0.3) is 0 Å². The van der Waals surface area contributed by atoms with Crippen LogP contribution in [0.5, 0.6) is 0 Å². The van der Waals surface area contributed by atoms with Gasteiger partial charge in [0.1, 0.15) is 0 Å². The summed E-state index contributed by atoms with van der Waals surface area (Å²) in [7, 11) is 3.85. The molecule has 44 valence electrons. The number of likely N-dealkylation sites (N-methyl/N-ethyl adjacent to an activating group) is 1. The minimum atomic E-state index is 0. The first-order valence-electron chi connectivity index (χ1n) is 2.03. The van der Waals surface area contributed by atoms with Gasteiger partial charge in [-0.1, -0.05) is 0 Å². The van der Waals surface area contributed by atoms with E-state index in [1.807, 2.05) is 19.0 Å². The summed E-state index contributed by atoms with van der Waals surface area (Å²) in [5, 5.41) is 8.20. The van der Waals surface area contributed by atoms with E-state index >= 15 is 0 Å². The quantitative estimate of drug-likeness (QED) is 0.423. The van der Waals surface area contributed by atoms with E-state index in [-0.39, 0.29) is 15.0 Å². The van der Waals surface area contributed by atoms with Gasteiger partial charge < -0.3 is 10.0 Å². The number of hydrogen-bond donors (Lipinski definition) is 1. The topological polar surface area (TPSA) is 23.5 Å². The SMILES string of the molecule is B.CN(C)CCO. The lowest BCUT2D eigenvalue weighted by Gasteiger charge is -2.03. The van der Waals surface area contributed by atoms with Crippen LogP contribution in [0, 0.1) is 0 Å². The Hall–Kier alpha value is -0.0151. The molecule has 0 atom stereocenters. The summed E-state index contributed by atoms with van der Waals surface area (Å²) in [6.07, 6.45) is 0. The summed E-state index contributed by atoms with van der Waals surface area (Å²) in [6, 6.07) is 0. The highest BCUT2D eigenvalue weighted by atomic mass is 16.3. The molecule has 0 aromatic carbocycles. The van der Waals surface area contributed by atoms with Crippen LogP contribution in [0.1, 0.15) is 0 Å². The standard InChI is InChI=1S/C4H11NO.BH3/c1-5(2)3-4-6;/h6H,3-4H2,1-2H3;1H3. The average molecular weight is 103 g/mol. The molecule has 0 spiro atoms. The Balaban J connectivity index is 0. The lowest BCUT2D eigenvalue weighted by molar-refractivity contribution is 0.243. The Morgan fingerprint density at radius 3 is 1.86 bits per heavy atom. The molecule has 0 saturated carbocycles. The van der Waals surface area contributed by atoms with Gasteiger partial charge in [-0.25, -0.2) is 0 Å². The normalized spacial score (nSPS) is 8.57. The fourth-order valence-electron chi connectivity index (χ4n) is 0.200. The maximum Gasteiger partial charge on any atom is 0.0814 e. The third-order valence-electron chi connectivity index (χ3n) is 0.547. The van der Waals surface area contributed by atoms with E-state index in [1.165, 1.54) is 0 Å². The molecule has 0 aliphatic carbocycles. The fraction of sp³-hybridized carbons (Fsp3) is 1.00. The molecule has 0 rings (SSSR count). The predicted molar refractivity (Wildman–Crippen MR) is 35.6 cm³/mol. The first kappa shape index (κ1) is 10.1. The highest BCUT2D eigenvalue weighted by molar-refractivity contribution is 5.75. The van der Waals surface area contributed by atoms with Crippen molar-refractivity contribution in [3.8, 4) is 0 Å². The molecule has 3 heteroatoms. The monoisotopic (exact) mass is 103 g/mol. The molecule has 7 heavy (non-hydrogen) atoms. The van der Waals surface area contributed by atoms with Gasteiger partial charge in [-0.2, -0.15) is 0 Å². The van der Waals surface area contributed by atoms with Gasteiger partial charge in [-0.15, -0.1) is 0 Å². The lowest BCUT2D eigenvalue weighted by atomic mass is 10.6. The molecular formula is C4H14BNO. The molecule has 0 heterocycles. The predicted octanol–water partition coefficient (Wildman–Crippen LogP) is -1.64. The average Bonchev–Trinajstić information content (AvgIpc) is 1.35. The zero-order valence-electron chi connectivity index (χ0n) is 4.31. The van der Waals surface area contributed by atoms with Gasteiger partial charge in [0.15, 0.2) is 0 Å². The molecule has 0 aliphatic heterocycles. The van der Waals surface area contributed by atoms with Crippen LogP contribution in [0.15, 0.2) is 0 Å². The van der Waals surface area contributed by atoms with Crippen LogP contribution < -0.4 is 0 Å². The number of rotatable bonds is 2. The van der Waals surface area contributed by atoms with E-state index in [9.17, 15) is 0 Å². The molecule has 0 aliphatic rings. The molecule has 0 aromatic rings. The van der Waals surface area contributed by atoms with Crippen molar-refractivity contribution in [2.24, 2.45) is 0 Å². The summed E-state index contributed by atoms with van der Waals surface area (Å²) in [6.45, 7) is 1.02. The third-order valence-corrected chi connectivity index (χ3v) is 0.547. The minimum absolute atomic E-state index is 0. The van der Waals surface area contributed by atoms with Gasteiger partial charge in [0.2, 0.25) is 0 Å². The van der Waals surface area contributed by atoms with Crippen LogP contribution in [0.25, 0.3) is 0 Å². The molecule has 0 unspecified atom stereocenters. The zero-order valence-corrected chi connectivity index (χ0v) is 4.31. The van der Waals surface area contributed by atoms with Crippen LogP contribution in [-0.4, -0.2) is 45.7 Å². The molecule has 0 amide bonds. The van der Waals surface area contributed by atoms with Crippen LogP contribution in [0.4, 0.5) is 0 Å². The van der Waals surface area contributed by atoms with Crippen molar-refractivity contribution in [2.75, 3.05) is 27.2 Å². The van der Waals surface area contributed by atoms with E-state index in [2.05, 4.69) is 0 Å². The van der Waals surface area contributed by atoms with Crippen molar-refractivity contribution in [2.45, 2.75) is 0 Å². The van der Waals surface area contributed by atoms with Crippen LogP contribution >= 0.6 is 0 Å². The molecule has 2 nitrogen and oxygen atoms in total. The van der Waals surface area contributed by atoms with Crippen molar-refractivity contribution in [1.82, 2.24) is 4.90 Å². The largest absolute Gasteiger partial charge is 0.395 e. The van der Waals surface area contributed by atoms with Gasteiger partial charge in [0.05, 0.1) is 15.0 Å². The molecule has 0 saturated heterocycles. The Labute approximate surface area is 46.7 Å². The number of hydrogen-bond acceptors (Lipinski definition) is 2. The van der Waals surface area contributed by atoms with E-state index in [0.29, 0.717) is 0 Å². The highest BCUT2D eigenvalue weighted by Gasteiger charge is 1.80. The maximum absolute atomic E-state index is 8.20. The fourth-order valence-corrected chi connectivity index (χ4v) is 0.200. The van der Waals surface area contributed by atoms with Gasteiger partial charge in [0, 0.05) is 6.54 Å². The van der Waals surface area contributed by atoms with Crippen molar-refractivity contribution >= 4 is 8.41 Å². The third kappa shape index (κ3) is 10.7. The van der Waals surface area contributed by atoms with Crippen molar-refractivity contribution in [3.05, 3.63) is 0 Å². The van der Waals surface area contributed by atoms with Crippen molar-refractivity contribution < 1.29 is 5.11 Å². The Morgan fingerprint density at radius 2 is 1.86 bits per heavy atom. The van der Waals surface area contributed by atoms with E-state index in [4.69, 9.17) is 5.11 Å². The second-order valence-corrected chi connectivity index (χ2v) is 1.53. The zero-order chi connectivity index (χ0) is 4.99. The second kappa shape index (κ2) is 5.98. The maximum atomic E-state index is 8.20. The number of aliphatic hydroxyl groups is 1. The summed E-state index contributed by atoms with van der Waals surface area (Å²) >= 11 is 0. The smallest absolute Gasteiger partial charge is 0.0814 e. The Morgan fingerprint density at radius 1 is 1.43 bits per heavy atom. The summed E-state index contributed by atoms with van der Waals surface area (Å²) in [5.74, 6) is 0. The summed E-state index contributed by atoms with van der Waals surface area (Å²) in [4.78, 5) is 1.93. The van der Waals surface area contributed by atoms with Crippen molar-refractivity contribution in [1.29, 1.82) is 0 Å².